The molecule has 1 heterocycles. The Morgan fingerprint density at radius 2 is 1.71 bits per heavy atom. The number of carbonyl (C=O) groups is 1. The summed E-state index contributed by atoms with van der Waals surface area (Å²) in [5, 5.41) is 7.17. The summed E-state index contributed by atoms with van der Waals surface area (Å²) >= 11 is 0. The molecule has 0 saturated carbocycles. The first kappa shape index (κ1) is 23.0. The molecule has 0 fully saturated rings. The molecule has 4 aromatic rings. The lowest BCUT2D eigenvalue weighted by Crippen LogP contribution is -2.26. The van der Waals surface area contributed by atoms with Gasteiger partial charge in [0.2, 0.25) is 5.75 Å². The molecule has 4 rings (SSSR count). The molecule has 1 amide bonds. The van der Waals surface area contributed by atoms with E-state index in [2.05, 4.69) is 15.6 Å². The van der Waals surface area contributed by atoms with E-state index in [4.69, 9.17) is 14.2 Å². The average Bonchev–Trinajstić information content (AvgIpc) is 3.27. The fourth-order valence-electron chi connectivity index (χ4n) is 3.87. The Labute approximate surface area is 196 Å². The first-order valence-electron chi connectivity index (χ1n) is 10.7. The van der Waals surface area contributed by atoms with Gasteiger partial charge in [-0.15, -0.1) is 0 Å². The van der Waals surface area contributed by atoms with Gasteiger partial charge in [-0.2, -0.15) is 0 Å². The Hall–Kier alpha value is -4.20. The van der Waals surface area contributed by atoms with Crippen LogP contribution in [0.4, 0.5) is 15.8 Å². The summed E-state index contributed by atoms with van der Waals surface area (Å²) in [5.74, 6) is 0.476. The fourth-order valence-corrected chi connectivity index (χ4v) is 3.87. The van der Waals surface area contributed by atoms with Crippen molar-refractivity contribution in [1.29, 1.82) is 0 Å². The number of halogens is 1. The zero-order valence-corrected chi connectivity index (χ0v) is 19.2. The normalized spacial score (nSPS) is 10.7. The summed E-state index contributed by atoms with van der Waals surface area (Å²) in [6.07, 6.45) is 2.58. The number of nitrogens with one attached hydrogen (secondary N) is 3. The highest BCUT2D eigenvalue weighted by molar-refractivity contribution is 6.00. The Balaban J connectivity index is 1.52. The van der Waals surface area contributed by atoms with Gasteiger partial charge in [-0.3, -0.25) is 4.79 Å². The van der Waals surface area contributed by atoms with Gasteiger partial charge in [0.15, 0.2) is 11.5 Å². The van der Waals surface area contributed by atoms with E-state index in [-0.39, 0.29) is 11.5 Å². The monoisotopic (exact) mass is 463 g/mol. The van der Waals surface area contributed by atoms with E-state index >= 15 is 0 Å². The molecular weight excluding hydrogens is 437 g/mol. The van der Waals surface area contributed by atoms with Gasteiger partial charge >= 0.3 is 0 Å². The second kappa shape index (κ2) is 10.2. The fraction of sp³-hybridized carbons (Fsp3) is 0.192. The number of ether oxygens (including phenoxy) is 3. The number of fused-ring (bicyclic) bond motifs is 1. The van der Waals surface area contributed by atoms with Crippen LogP contribution in [-0.2, 0) is 6.42 Å². The molecule has 34 heavy (non-hydrogen) atoms. The third-order valence-corrected chi connectivity index (χ3v) is 5.52. The lowest BCUT2D eigenvalue weighted by atomic mass is 10.1. The first-order chi connectivity index (χ1) is 16.5. The molecule has 0 saturated heterocycles. The Morgan fingerprint density at radius 3 is 2.41 bits per heavy atom. The maximum Gasteiger partial charge on any atom is 0.253 e. The zero-order chi connectivity index (χ0) is 24.1. The number of hydrogen-bond donors (Lipinski definition) is 3. The van der Waals surface area contributed by atoms with Crippen LogP contribution in [-0.4, -0.2) is 38.8 Å². The van der Waals surface area contributed by atoms with Crippen molar-refractivity contribution in [3.05, 3.63) is 77.7 Å². The SMILES string of the molecule is COc1cc(Nc2ccc(F)cc2C(=O)NCCc2c[nH]c3ccccc23)cc(OC)c1OC. The maximum absolute atomic E-state index is 14.0. The molecule has 0 atom stereocenters. The zero-order valence-electron chi connectivity index (χ0n) is 19.2. The molecule has 176 valence electrons. The predicted molar refractivity (Wildman–Crippen MR) is 130 cm³/mol. The number of para-hydroxylation sites is 1. The van der Waals surface area contributed by atoms with Crippen LogP contribution < -0.4 is 24.8 Å². The van der Waals surface area contributed by atoms with E-state index in [0.29, 0.717) is 41.6 Å². The van der Waals surface area contributed by atoms with Crippen LogP contribution in [0.1, 0.15) is 15.9 Å². The Bertz CT molecular complexity index is 1290. The minimum atomic E-state index is -0.503. The topological polar surface area (TPSA) is 84.6 Å². The van der Waals surface area contributed by atoms with E-state index < -0.39 is 5.82 Å². The van der Waals surface area contributed by atoms with E-state index in [9.17, 15) is 9.18 Å². The smallest absolute Gasteiger partial charge is 0.253 e. The number of hydrogen-bond acceptors (Lipinski definition) is 5. The summed E-state index contributed by atoms with van der Waals surface area (Å²) in [7, 11) is 4.56. The number of carbonyl (C=O) groups excluding carboxylic acids is 1. The van der Waals surface area contributed by atoms with Gasteiger partial charge in [0.1, 0.15) is 5.82 Å². The highest BCUT2D eigenvalue weighted by atomic mass is 19.1. The summed E-state index contributed by atoms with van der Waals surface area (Å²) in [6, 6.07) is 15.4. The number of aromatic nitrogens is 1. The summed E-state index contributed by atoms with van der Waals surface area (Å²) < 4.78 is 30.2. The highest BCUT2D eigenvalue weighted by Crippen LogP contribution is 2.40. The number of anilines is 2. The van der Waals surface area contributed by atoms with Crippen molar-refractivity contribution in [2.24, 2.45) is 0 Å². The number of rotatable bonds is 9. The van der Waals surface area contributed by atoms with Crippen molar-refractivity contribution in [1.82, 2.24) is 10.3 Å². The van der Waals surface area contributed by atoms with Crippen molar-refractivity contribution in [3.8, 4) is 17.2 Å². The van der Waals surface area contributed by atoms with E-state index in [1.165, 1.54) is 39.5 Å². The van der Waals surface area contributed by atoms with Crippen LogP contribution in [0.5, 0.6) is 17.2 Å². The quantitative estimate of drug-likeness (QED) is 0.324. The molecule has 7 nitrogen and oxygen atoms in total. The number of aromatic amines is 1. The van der Waals surface area contributed by atoms with Gasteiger partial charge in [0.25, 0.3) is 5.91 Å². The molecule has 0 spiro atoms. The summed E-state index contributed by atoms with van der Waals surface area (Å²) in [4.78, 5) is 16.2. The van der Waals surface area contributed by atoms with Gasteiger partial charge in [-0.05, 0) is 36.2 Å². The van der Waals surface area contributed by atoms with Crippen LogP contribution in [0, 0.1) is 5.82 Å². The van der Waals surface area contributed by atoms with Gasteiger partial charge in [0.05, 0.1) is 32.6 Å². The molecule has 8 heteroatoms. The molecule has 3 N–H and O–H groups in total. The molecule has 1 aromatic heterocycles. The molecule has 0 aliphatic heterocycles. The van der Waals surface area contributed by atoms with Gasteiger partial charge in [0, 0.05) is 41.5 Å². The largest absolute Gasteiger partial charge is 0.493 e. The number of amides is 1. The van der Waals surface area contributed by atoms with E-state index in [0.717, 1.165) is 16.5 Å². The third kappa shape index (κ3) is 4.76. The standard InChI is InChI=1S/C26H26FN3O4/c1-32-23-13-18(14-24(33-2)25(23)34-3)30-22-9-8-17(27)12-20(22)26(31)28-11-10-16-15-29-21-7-5-4-6-19(16)21/h4-9,12-15,29-30H,10-11H2,1-3H3,(H,28,31). The molecular formula is C26H26FN3O4. The number of benzene rings is 3. The van der Waals surface area contributed by atoms with Crippen molar-refractivity contribution < 1.29 is 23.4 Å². The van der Waals surface area contributed by atoms with Gasteiger partial charge < -0.3 is 29.8 Å². The first-order valence-corrected chi connectivity index (χ1v) is 10.7. The van der Waals surface area contributed by atoms with Crippen LogP contribution >= 0.6 is 0 Å². The van der Waals surface area contributed by atoms with Crippen LogP contribution in [0.25, 0.3) is 10.9 Å². The number of H-pyrrole nitrogens is 1. The average molecular weight is 464 g/mol. The van der Waals surface area contributed by atoms with Crippen molar-refractivity contribution in [3.63, 3.8) is 0 Å². The summed E-state index contributed by atoms with van der Waals surface area (Å²) in [6.45, 7) is 0.404. The van der Waals surface area contributed by atoms with Crippen molar-refractivity contribution in [2.75, 3.05) is 33.2 Å². The van der Waals surface area contributed by atoms with Crippen LogP contribution in [0.3, 0.4) is 0 Å². The third-order valence-electron chi connectivity index (χ3n) is 5.52. The molecule has 0 aliphatic carbocycles. The minimum Gasteiger partial charge on any atom is -0.493 e. The predicted octanol–water partition coefficient (Wildman–Crippen LogP) is 5.05. The lowest BCUT2D eigenvalue weighted by molar-refractivity contribution is 0.0954. The number of methoxy groups -OCH3 is 3. The molecule has 0 unspecified atom stereocenters. The van der Waals surface area contributed by atoms with E-state index in [1.54, 1.807) is 12.1 Å². The highest BCUT2D eigenvalue weighted by Gasteiger charge is 2.17. The molecule has 0 bridgehead atoms. The van der Waals surface area contributed by atoms with Crippen LogP contribution in [0.2, 0.25) is 0 Å². The molecule has 0 radical (unpaired) electrons. The van der Waals surface area contributed by atoms with Crippen molar-refractivity contribution in [2.45, 2.75) is 6.42 Å². The Kier molecular flexibility index (Phi) is 6.87. The van der Waals surface area contributed by atoms with Gasteiger partial charge in [-0.1, -0.05) is 18.2 Å². The van der Waals surface area contributed by atoms with E-state index in [1.807, 2.05) is 30.5 Å². The second-order valence-electron chi connectivity index (χ2n) is 7.59. The molecule has 3 aromatic carbocycles. The Morgan fingerprint density at radius 1 is 0.971 bits per heavy atom. The van der Waals surface area contributed by atoms with Gasteiger partial charge in [-0.25, -0.2) is 4.39 Å². The van der Waals surface area contributed by atoms with Crippen molar-refractivity contribution >= 4 is 28.2 Å². The summed E-state index contributed by atoms with van der Waals surface area (Å²) in [5.41, 5.74) is 3.37. The lowest BCUT2D eigenvalue weighted by Gasteiger charge is -2.17. The van der Waals surface area contributed by atoms with Crippen LogP contribution in [0.15, 0.2) is 60.8 Å². The minimum absolute atomic E-state index is 0.188. The second-order valence-corrected chi connectivity index (χ2v) is 7.59. The molecule has 0 aliphatic rings. The maximum atomic E-state index is 14.0.